The predicted octanol–water partition coefficient (Wildman–Crippen LogP) is 1.92. The number of nitrogens with zero attached hydrogens (tertiary/aromatic N) is 2. The van der Waals surface area contributed by atoms with E-state index in [2.05, 4.69) is 10.4 Å². The van der Waals surface area contributed by atoms with Crippen LogP contribution in [0, 0.1) is 0 Å². The van der Waals surface area contributed by atoms with Gasteiger partial charge in [-0.15, -0.1) is 12.4 Å². The third-order valence-corrected chi connectivity index (χ3v) is 2.58. The molecule has 19 heavy (non-hydrogen) atoms. The second kappa shape index (κ2) is 7.66. The van der Waals surface area contributed by atoms with Gasteiger partial charge in [0.1, 0.15) is 11.6 Å². The molecule has 0 radical (unpaired) electrons. The lowest BCUT2D eigenvalue weighted by Gasteiger charge is -2.05. The Hall–Kier alpha value is -1.72. The molecule has 1 aromatic carbocycles. The maximum Gasteiger partial charge on any atom is 0.148 e. The first-order valence-electron chi connectivity index (χ1n) is 5.83. The molecular weight excluding hydrogens is 266 g/mol. The number of rotatable bonds is 6. The Labute approximate surface area is 118 Å². The summed E-state index contributed by atoms with van der Waals surface area (Å²) in [5.74, 6) is 1.64. The van der Waals surface area contributed by atoms with Crippen molar-refractivity contribution >= 4 is 18.2 Å². The SMILES string of the molecule is COc1cccc(CNc2ccn(CCO)n2)c1.Cl. The molecule has 2 N–H and O–H groups in total. The number of nitrogens with one attached hydrogen (secondary N) is 1. The zero-order chi connectivity index (χ0) is 12.8. The van der Waals surface area contributed by atoms with E-state index in [4.69, 9.17) is 9.84 Å². The molecule has 2 aromatic rings. The first kappa shape index (κ1) is 15.3. The normalized spacial score (nSPS) is 9.79. The molecule has 0 aliphatic rings. The highest BCUT2D eigenvalue weighted by atomic mass is 35.5. The van der Waals surface area contributed by atoms with Crippen LogP contribution >= 0.6 is 12.4 Å². The molecule has 1 heterocycles. The highest BCUT2D eigenvalue weighted by Crippen LogP contribution is 2.13. The third kappa shape index (κ3) is 4.46. The Bertz CT molecular complexity index is 502. The molecule has 6 heteroatoms. The molecule has 0 saturated carbocycles. The summed E-state index contributed by atoms with van der Waals surface area (Å²) in [5, 5.41) is 16.3. The molecule has 0 saturated heterocycles. The van der Waals surface area contributed by atoms with Crippen LogP contribution in [0.5, 0.6) is 5.75 Å². The number of aliphatic hydroxyl groups is 1. The zero-order valence-corrected chi connectivity index (χ0v) is 11.6. The third-order valence-electron chi connectivity index (χ3n) is 2.58. The van der Waals surface area contributed by atoms with E-state index in [0.717, 1.165) is 17.1 Å². The van der Waals surface area contributed by atoms with Crippen LogP contribution in [0.1, 0.15) is 5.56 Å². The molecule has 0 aliphatic heterocycles. The van der Waals surface area contributed by atoms with E-state index in [9.17, 15) is 0 Å². The van der Waals surface area contributed by atoms with E-state index in [0.29, 0.717) is 13.1 Å². The van der Waals surface area contributed by atoms with Crippen molar-refractivity contribution in [1.82, 2.24) is 9.78 Å². The van der Waals surface area contributed by atoms with E-state index in [-0.39, 0.29) is 19.0 Å². The number of methoxy groups -OCH3 is 1. The van der Waals surface area contributed by atoms with Crippen molar-refractivity contribution in [2.75, 3.05) is 19.0 Å². The van der Waals surface area contributed by atoms with Gasteiger partial charge in [0.15, 0.2) is 0 Å². The van der Waals surface area contributed by atoms with Crippen LogP contribution in [0.4, 0.5) is 5.82 Å². The molecule has 0 atom stereocenters. The Morgan fingerprint density at radius 1 is 1.37 bits per heavy atom. The monoisotopic (exact) mass is 283 g/mol. The largest absolute Gasteiger partial charge is 0.497 e. The van der Waals surface area contributed by atoms with Gasteiger partial charge in [0.2, 0.25) is 0 Å². The first-order valence-corrected chi connectivity index (χ1v) is 5.83. The summed E-state index contributed by atoms with van der Waals surface area (Å²) >= 11 is 0. The topological polar surface area (TPSA) is 59.3 Å². The number of halogens is 1. The van der Waals surface area contributed by atoms with Crippen molar-refractivity contribution < 1.29 is 9.84 Å². The van der Waals surface area contributed by atoms with Crippen LogP contribution in [0.15, 0.2) is 36.5 Å². The number of benzene rings is 1. The number of anilines is 1. The summed E-state index contributed by atoms with van der Waals surface area (Å²) in [6.07, 6.45) is 1.84. The number of aliphatic hydroxyl groups excluding tert-OH is 1. The summed E-state index contributed by atoms with van der Waals surface area (Å²) < 4.78 is 6.87. The zero-order valence-electron chi connectivity index (χ0n) is 10.7. The van der Waals surface area contributed by atoms with Gasteiger partial charge in [-0.05, 0) is 17.7 Å². The molecule has 0 amide bonds. The van der Waals surface area contributed by atoms with Crippen molar-refractivity contribution in [2.24, 2.45) is 0 Å². The fourth-order valence-corrected chi connectivity index (χ4v) is 1.66. The van der Waals surface area contributed by atoms with Gasteiger partial charge in [0.05, 0.1) is 20.3 Å². The molecule has 0 unspecified atom stereocenters. The second-order valence-electron chi connectivity index (χ2n) is 3.89. The maximum atomic E-state index is 8.80. The van der Waals surface area contributed by atoms with E-state index >= 15 is 0 Å². The lowest BCUT2D eigenvalue weighted by molar-refractivity contribution is 0.269. The molecule has 5 nitrogen and oxygen atoms in total. The highest BCUT2D eigenvalue weighted by Gasteiger charge is 1.99. The Kier molecular flexibility index (Phi) is 6.18. The van der Waals surface area contributed by atoms with Crippen molar-refractivity contribution in [3.05, 3.63) is 42.1 Å². The molecule has 104 valence electrons. The van der Waals surface area contributed by atoms with E-state index < -0.39 is 0 Å². The Balaban J connectivity index is 0.00000180. The van der Waals surface area contributed by atoms with Gasteiger partial charge in [0.25, 0.3) is 0 Å². The highest BCUT2D eigenvalue weighted by molar-refractivity contribution is 5.85. The molecule has 0 spiro atoms. The van der Waals surface area contributed by atoms with Crippen LogP contribution in [0.3, 0.4) is 0 Å². The summed E-state index contributed by atoms with van der Waals surface area (Å²) in [4.78, 5) is 0. The van der Waals surface area contributed by atoms with Crippen molar-refractivity contribution in [3.8, 4) is 5.75 Å². The second-order valence-corrected chi connectivity index (χ2v) is 3.89. The van der Waals surface area contributed by atoms with Gasteiger partial charge < -0.3 is 15.2 Å². The van der Waals surface area contributed by atoms with Gasteiger partial charge in [-0.1, -0.05) is 12.1 Å². The number of hydrogen-bond acceptors (Lipinski definition) is 4. The molecule has 2 rings (SSSR count). The summed E-state index contributed by atoms with van der Waals surface area (Å²) in [6, 6.07) is 9.77. The minimum Gasteiger partial charge on any atom is -0.497 e. The first-order chi connectivity index (χ1) is 8.81. The van der Waals surface area contributed by atoms with Gasteiger partial charge in [-0.2, -0.15) is 5.10 Å². The predicted molar refractivity (Wildman–Crippen MR) is 76.9 cm³/mol. The lowest BCUT2D eigenvalue weighted by Crippen LogP contribution is -2.04. The summed E-state index contributed by atoms with van der Waals surface area (Å²) in [5.41, 5.74) is 1.13. The van der Waals surface area contributed by atoms with Crippen LogP contribution in [0.25, 0.3) is 0 Å². The minimum absolute atomic E-state index is 0. The van der Waals surface area contributed by atoms with Crippen LogP contribution in [0.2, 0.25) is 0 Å². The Morgan fingerprint density at radius 2 is 2.21 bits per heavy atom. The fraction of sp³-hybridized carbons (Fsp3) is 0.308. The maximum absolute atomic E-state index is 8.80. The molecular formula is C13H18ClN3O2. The van der Waals surface area contributed by atoms with E-state index in [1.54, 1.807) is 11.8 Å². The van der Waals surface area contributed by atoms with Crippen molar-refractivity contribution in [3.63, 3.8) is 0 Å². The van der Waals surface area contributed by atoms with Crippen LogP contribution < -0.4 is 10.1 Å². The molecule has 0 fully saturated rings. The lowest BCUT2D eigenvalue weighted by atomic mass is 10.2. The molecule has 0 bridgehead atoms. The van der Waals surface area contributed by atoms with Crippen LogP contribution in [-0.2, 0) is 13.1 Å². The van der Waals surface area contributed by atoms with Gasteiger partial charge in [-0.25, -0.2) is 0 Å². The summed E-state index contributed by atoms with van der Waals surface area (Å²) in [6.45, 7) is 1.30. The number of hydrogen-bond donors (Lipinski definition) is 2. The van der Waals surface area contributed by atoms with Gasteiger partial charge in [-0.3, -0.25) is 4.68 Å². The van der Waals surface area contributed by atoms with Crippen molar-refractivity contribution in [2.45, 2.75) is 13.1 Å². The number of aromatic nitrogens is 2. The number of ether oxygens (including phenoxy) is 1. The van der Waals surface area contributed by atoms with Crippen molar-refractivity contribution in [1.29, 1.82) is 0 Å². The quantitative estimate of drug-likeness (QED) is 0.850. The Morgan fingerprint density at radius 3 is 2.95 bits per heavy atom. The average molecular weight is 284 g/mol. The fourth-order valence-electron chi connectivity index (χ4n) is 1.66. The van der Waals surface area contributed by atoms with Crippen LogP contribution in [-0.4, -0.2) is 28.6 Å². The smallest absolute Gasteiger partial charge is 0.148 e. The standard InChI is InChI=1S/C13H17N3O2.ClH/c1-18-12-4-2-3-11(9-12)10-14-13-5-6-16(15-13)7-8-17;/h2-6,9,17H,7-8,10H2,1H3,(H,14,15);1H. The summed E-state index contributed by atoms with van der Waals surface area (Å²) in [7, 11) is 1.66. The van der Waals surface area contributed by atoms with Gasteiger partial charge >= 0.3 is 0 Å². The molecule has 1 aromatic heterocycles. The van der Waals surface area contributed by atoms with Gasteiger partial charge in [0, 0.05) is 18.8 Å². The minimum atomic E-state index is 0. The average Bonchev–Trinajstić information content (AvgIpc) is 2.85. The molecule has 0 aliphatic carbocycles. The van der Waals surface area contributed by atoms with E-state index in [1.807, 2.05) is 36.5 Å². The van der Waals surface area contributed by atoms with E-state index in [1.165, 1.54) is 0 Å².